The number of nitrogens with zero attached hydrogens (tertiary/aromatic N) is 4. The average Bonchev–Trinajstić information content (AvgIpc) is 3.51. The van der Waals surface area contributed by atoms with Crippen LogP contribution < -0.4 is 9.47 Å². The molecule has 0 saturated carbocycles. The van der Waals surface area contributed by atoms with Crippen molar-refractivity contribution in [3.05, 3.63) is 54.0 Å². The summed E-state index contributed by atoms with van der Waals surface area (Å²) in [6, 6.07) is 5.99. The predicted molar refractivity (Wildman–Crippen MR) is 128 cm³/mol. The third-order valence-corrected chi connectivity index (χ3v) is 6.58. The van der Waals surface area contributed by atoms with Crippen molar-refractivity contribution in [2.24, 2.45) is 0 Å². The molecule has 0 unspecified atom stereocenters. The number of benzene rings is 1. The molecule has 0 atom stereocenters. The summed E-state index contributed by atoms with van der Waals surface area (Å²) in [5, 5.41) is 0. The lowest BCUT2D eigenvalue weighted by Gasteiger charge is -2.30. The number of nitrogens with one attached hydrogen (secondary N) is 2. The number of imidazole rings is 1. The number of H-pyrrole nitrogens is 2. The van der Waals surface area contributed by atoms with Crippen molar-refractivity contribution >= 4 is 11.0 Å². The zero-order chi connectivity index (χ0) is 22.8. The zero-order valence-electron chi connectivity index (χ0n) is 19.4. The molecule has 2 N–H and O–H groups in total. The van der Waals surface area contributed by atoms with Crippen LogP contribution in [0.1, 0.15) is 42.8 Å². The van der Waals surface area contributed by atoms with Gasteiger partial charge in [0.1, 0.15) is 5.82 Å². The van der Waals surface area contributed by atoms with E-state index < -0.39 is 0 Å². The Bertz CT molecular complexity index is 1230. The second-order valence-electron chi connectivity index (χ2n) is 8.52. The van der Waals surface area contributed by atoms with Crippen LogP contribution in [0.2, 0.25) is 0 Å². The van der Waals surface area contributed by atoms with Crippen LogP contribution in [-0.4, -0.2) is 57.1 Å². The van der Waals surface area contributed by atoms with E-state index in [1.54, 1.807) is 20.5 Å². The van der Waals surface area contributed by atoms with E-state index in [-0.39, 0.29) is 0 Å². The fraction of sp³-hybridized carbons (Fsp3) is 0.400. The molecule has 8 nitrogen and oxygen atoms in total. The minimum atomic E-state index is 0.386. The average molecular weight is 447 g/mol. The third kappa shape index (κ3) is 4.18. The molecule has 1 aliphatic heterocycles. The summed E-state index contributed by atoms with van der Waals surface area (Å²) in [5.74, 6) is 2.77. The summed E-state index contributed by atoms with van der Waals surface area (Å²) in [6.45, 7) is 5.16. The van der Waals surface area contributed by atoms with Gasteiger partial charge < -0.3 is 19.4 Å². The van der Waals surface area contributed by atoms with E-state index in [1.807, 2.05) is 24.5 Å². The number of piperidine rings is 1. The minimum Gasteiger partial charge on any atom is -0.493 e. The van der Waals surface area contributed by atoms with Crippen LogP contribution in [-0.2, 0) is 13.0 Å². The molecular formula is C25H30N6O2. The standard InChI is InChI=1S/C25H30N6O2/c1-4-19-23(17-5-6-21(32-2)22(11-17)33-3)29-20-13-27-25(30-24(19)20)16-7-9-31(10-8-16)14-18-12-26-15-28-18/h5-6,11-13,15-16,29H,4,7-10,14H2,1-3H3,(H,26,28). The summed E-state index contributed by atoms with van der Waals surface area (Å²) < 4.78 is 10.9. The van der Waals surface area contributed by atoms with Crippen LogP contribution >= 0.6 is 0 Å². The largest absolute Gasteiger partial charge is 0.493 e. The molecule has 1 aromatic carbocycles. The molecule has 1 aliphatic rings. The summed E-state index contributed by atoms with van der Waals surface area (Å²) in [6.07, 6.45) is 8.59. The van der Waals surface area contributed by atoms with Crippen LogP contribution in [0.4, 0.5) is 0 Å². The SMILES string of the molecule is CCc1c(-c2ccc(OC)c(OC)c2)[nH]c2cnc(C3CCN(Cc4cnc[nH]4)CC3)nc12. The van der Waals surface area contributed by atoms with Crippen molar-refractivity contribution < 1.29 is 9.47 Å². The van der Waals surface area contributed by atoms with Gasteiger partial charge >= 0.3 is 0 Å². The molecule has 1 saturated heterocycles. The van der Waals surface area contributed by atoms with E-state index >= 15 is 0 Å². The Kier molecular flexibility index (Phi) is 6.00. The number of aromatic amines is 2. The van der Waals surface area contributed by atoms with Crippen LogP contribution in [0.25, 0.3) is 22.3 Å². The molecule has 0 bridgehead atoms. The van der Waals surface area contributed by atoms with Crippen LogP contribution in [0.3, 0.4) is 0 Å². The number of fused-ring (bicyclic) bond motifs is 1. The Hall–Kier alpha value is -3.39. The van der Waals surface area contributed by atoms with E-state index in [4.69, 9.17) is 19.4 Å². The number of hydrogen-bond acceptors (Lipinski definition) is 6. The highest BCUT2D eigenvalue weighted by molar-refractivity contribution is 5.87. The molecule has 172 valence electrons. The van der Waals surface area contributed by atoms with Crippen molar-refractivity contribution in [2.45, 2.75) is 38.6 Å². The van der Waals surface area contributed by atoms with Crippen molar-refractivity contribution in [3.63, 3.8) is 0 Å². The molecule has 8 heteroatoms. The fourth-order valence-corrected chi connectivity index (χ4v) is 4.79. The first-order chi connectivity index (χ1) is 16.2. The van der Waals surface area contributed by atoms with Crippen molar-refractivity contribution in [3.8, 4) is 22.8 Å². The van der Waals surface area contributed by atoms with Crippen LogP contribution in [0.5, 0.6) is 11.5 Å². The Morgan fingerprint density at radius 1 is 1.09 bits per heavy atom. The Morgan fingerprint density at radius 2 is 1.91 bits per heavy atom. The Labute approximate surface area is 193 Å². The molecular weight excluding hydrogens is 416 g/mol. The number of hydrogen-bond donors (Lipinski definition) is 2. The van der Waals surface area contributed by atoms with Gasteiger partial charge in [0.05, 0.1) is 43.5 Å². The van der Waals surface area contributed by atoms with Crippen molar-refractivity contribution in [2.75, 3.05) is 27.3 Å². The lowest BCUT2D eigenvalue weighted by molar-refractivity contribution is 0.200. The van der Waals surface area contributed by atoms with Gasteiger partial charge in [-0.15, -0.1) is 0 Å². The summed E-state index contributed by atoms with van der Waals surface area (Å²) in [5.41, 5.74) is 6.47. The van der Waals surface area contributed by atoms with Gasteiger partial charge in [0.2, 0.25) is 0 Å². The van der Waals surface area contributed by atoms with E-state index in [9.17, 15) is 0 Å². The topological polar surface area (TPSA) is 92.0 Å². The third-order valence-electron chi connectivity index (χ3n) is 6.58. The van der Waals surface area contributed by atoms with Gasteiger partial charge in [-0.25, -0.2) is 15.0 Å². The minimum absolute atomic E-state index is 0.386. The van der Waals surface area contributed by atoms with Gasteiger partial charge in [-0.3, -0.25) is 4.90 Å². The molecule has 0 radical (unpaired) electrons. The zero-order valence-corrected chi connectivity index (χ0v) is 19.4. The molecule has 0 aliphatic carbocycles. The summed E-state index contributed by atoms with van der Waals surface area (Å²) in [7, 11) is 3.31. The first-order valence-electron chi connectivity index (χ1n) is 11.5. The molecule has 4 aromatic rings. The number of likely N-dealkylation sites (tertiary alicyclic amines) is 1. The van der Waals surface area contributed by atoms with Gasteiger partial charge in [0.25, 0.3) is 0 Å². The highest BCUT2D eigenvalue weighted by Crippen LogP contribution is 2.36. The predicted octanol–water partition coefficient (Wildman–Crippen LogP) is 4.31. The Balaban J connectivity index is 1.40. The van der Waals surface area contributed by atoms with Gasteiger partial charge in [0, 0.05) is 35.5 Å². The normalized spacial score (nSPS) is 15.2. The highest BCUT2D eigenvalue weighted by atomic mass is 16.5. The highest BCUT2D eigenvalue weighted by Gasteiger charge is 2.24. The smallest absolute Gasteiger partial charge is 0.161 e. The quantitative estimate of drug-likeness (QED) is 0.440. The second-order valence-corrected chi connectivity index (χ2v) is 8.52. The van der Waals surface area contributed by atoms with Crippen LogP contribution in [0.15, 0.2) is 36.9 Å². The van der Waals surface area contributed by atoms with E-state index in [0.29, 0.717) is 11.7 Å². The van der Waals surface area contributed by atoms with Gasteiger partial charge in [-0.2, -0.15) is 0 Å². The Morgan fingerprint density at radius 3 is 2.61 bits per heavy atom. The van der Waals surface area contributed by atoms with Gasteiger partial charge in [-0.1, -0.05) is 6.92 Å². The summed E-state index contributed by atoms with van der Waals surface area (Å²) >= 11 is 0. The molecule has 4 heterocycles. The fourth-order valence-electron chi connectivity index (χ4n) is 4.79. The van der Waals surface area contributed by atoms with Gasteiger partial charge in [0.15, 0.2) is 11.5 Å². The molecule has 5 rings (SSSR count). The number of rotatable bonds is 7. The molecule has 1 fully saturated rings. The maximum absolute atomic E-state index is 5.51. The number of aromatic nitrogens is 5. The summed E-state index contributed by atoms with van der Waals surface area (Å²) in [4.78, 5) is 23.1. The number of ether oxygens (including phenoxy) is 2. The van der Waals surface area contributed by atoms with Crippen molar-refractivity contribution in [1.82, 2.24) is 29.8 Å². The van der Waals surface area contributed by atoms with Crippen molar-refractivity contribution in [1.29, 1.82) is 0 Å². The number of methoxy groups -OCH3 is 2. The first kappa shape index (κ1) is 21.5. The lowest BCUT2D eigenvalue weighted by atomic mass is 9.95. The van der Waals surface area contributed by atoms with E-state index in [1.165, 1.54) is 5.56 Å². The second kappa shape index (κ2) is 9.23. The molecule has 0 spiro atoms. The van der Waals surface area contributed by atoms with E-state index in [0.717, 1.165) is 78.5 Å². The number of aryl methyl sites for hydroxylation is 1. The molecule has 3 aromatic heterocycles. The van der Waals surface area contributed by atoms with Crippen LogP contribution in [0, 0.1) is 0 Å². The van der Waals surface area contributed by atoms with E-state index in [2.05, 4.69) is 32.8 Å². The lowest BCUT2D eigenvalue weighted by Crippen LogP contribution is -2.33. The molecule has 0 amide bonds. The monoisotopic (exact) mass is 446 g/mol. The maximum Gasteiger partial charge on any atom is 0.161 e. The van der Waals surface area contributed by atoms with Gasteiger partial charge in [-0.05, 0) is 50.6 Å². The maximum atomic E-state index is 5.51. The molecule has 33 heavy (non-hydrogen) atoms. The first-order valence-corrected chi connectivity index (χ1v) is 11.5.